The summed E-state index contributed by atoms with van der Waals surface area (Å²) in [6, 6.07) is 1.08. The molecule has 1 aromatic rings. The maximum Gasteiger partial charge on any atom is 0.330 e. The zero-order valence-electron chi connectivity index (χ0n) is 13.9. The Morgan fingerprint density at radius 2 is 2.15 bits per heavy atom. The topological polar surface area (TPSA) is 152 Å². The normalized spacial score (nSPS) is 28.2. The number of nitrogens with one attached hydrogen (secondary N) is 1. The molecule has 0 spiro atoms. The maximum atomic E-state index is 11.9. The molecule has 148 valence electrons. The molecule has 1 aromatic heterocycles. The summed E-state index contributed by atoms with van der Waals surface area (Å²) in [6.45, 7) is -1.87. The van der Waals surface area contributed by atoms with Crippen LogP contribution in [0.2, 0.25) is 0 Å². The van der Waals surface area contributed by atoms with Crippen molar-refractivity contribution in [1.82, 2.24) is 9.55 Å². The molecular formula is C13H21N2O9PS. The van der Waals surface area contributed by atoms with Crippen molar-refractivity contribution in [2.24, 2.45) is 0 Å². The van der Waals surface area contributed by atoms with Gasteiger partial charge in [-0.15, -0.1) is 0 Å². The van der Waals surface area contributed by atoms with Gasteiger partial charge in [-0.2, -0.15) is 0 Å². The van der Waals surface area contributed by atoms with E-state index in [2.05, 4.69) is 0 Å². The smallest absolute Gasteiger partial charge is 0.330 e. The number of aromatic amines is 1. The first-order chi connectivity index (χ1) is 12.3. The summed E-state index contributed by atoms with van der Waals surface area (Å²) in [4.78, 5) is 35.2. The molecule has 2 heterocycles. The fourth-order valence-corrected chi connectivity index (χ4v) is 3.85. The average molecular weight is 412 g/mol. The fraction of sp³-hybridized carbons (Fsp3) is 0.692. The van der Waals surface area contributed by atoms with Crippen LogP contribution in [0.1, 0.15) is 13.2 Å². The number of hydrogen-bond acceptors (Lipinski definition) is 9. The van der Waals surface area contributed by atoms with E-state index < -0.39 is 49.1 Å². The molecule has 11 nitrogen and oxygen atoms in total. The van der Waals surface area contributed by atoms with Crippen LogP contribution in [0, 0.1) is 0 Å². The lowest BCUT2D eigenvalue weighted by molar-refractivity contribution is -0.0547. The molecule has 26 heavy (non-hydrogen) atoms. The first kappa shape index (κ1) is 21.4. The van der Waals surface area contributed by atoms with Crippen molar-refractivity contribution in [2.75, 3.05) is 26.4 Å². The third kappa shape index (κ3) is 5.28. The van der Waals surface area contributed by atoms with Crippen LogP contribution in [0.5, 0.6) is 0 Å². The summed E-state index contributed by atoms with van der Waals surface area (Å²) < 4.78 is 21.8. The third-order valence-corrected chi connectivity index (χ3v) is 5.15. The lowest BCUT2D eigenvalue weighted by atomic mass is 10.1. The molecule has 0 radical (unpaired) electrons. The van der Waals surface area contributed by atoms with Crippen LogP contribution < -0.4 is 11.2 Å². The van der Waals surface area contributed by atoms with Gasteiger partial charge in [0.25, 0.3) is 5.56 Å². The Hall–Kier alpha value is -0.950. The highest BCUT2D eigenvalue weighted by Crippen LogP contribution is 2.48. The molecule has 1 fully saturated rings. The summed E-state index contributed by atoms with van der Waals surface area (Å²) >= 11 is 4.88. The maximum absolute atomic E-state index is 11.9. The second-order valence-corrected chi connectivity index (χ2v) is 8.11. The highest BCUT2D eigenvalue weighted by atomic mass is 32.5. The minimum absolute atomic E-state index is 0.0160. The van der Waals surface area contributed by atoms with Crippen LogP contribution in [-0.2, 0) is 30.3 Å². The van der Waals surface area contributed by atoms with Gasteiger partial charge >= 0.3 is 12.4 Å². The molecule has 2 rings (SSSR count). The van der Waals surface area contributed by atoms with Crippen molar-refractivity contribution < 1.29 is 33.6 Å². The molecule has 0 bridgehead atoms. The summed E-state index contributed by atoms with van der Waals surface area (Å²) in [5.74, 6) is 0. The summed E-state index contributed by atoms with van der Waals surface area (Å²) in [5, 5.41) is 19.9. The highest BCUT2D eigenvalue weighted by Gasteiger charge is 2.47. The standard InChI is InChI=1S/C13H21N2O9PS/c1-2-21-5-6-22-25(20,26)24-11-8(7-16)23-12(10(11)18)15-4-3-9(17)14-13(15)19/h3-4,8,10-12,16,18H,2,5-7H2,1H3,(H,20,26)(H,14,17,19)/t8-,10-,11-,12-,25?/m1/s1. The van der Waals surface area contributed by atoms with Gasteiger partial charge in [-0.25, -0.2) is 4.79 Å². The SMILES string of the molecule is CCOCCOP(O)(=S)O[C@H]1[C@@H](O)[C@H](n2ccc(=O)[nH]c2=O)O[C@@H]1CO. The zero-order valence-corrected chi connectivity index (χ0v) is 15.6. The van der Waals surface area contributed by atoms with Crippen LogP contribution in [0.4, 0.5) is 0 Å². The largest absolute Gasteiger partial charge is 0.394 e. The van der Waals surface area contributed by atoms with Gasteiger partial charge in [-0.3, -0.25) is 18.9 Å². The number of aliphatic hydroxyl groups is 2. The number of ether oxygens (including phenoxy) is 2. The Bertz CT molecular complexity index is 754. The Balaban J connectivity index is 2.12. The van der Waals surface area contributed by atoms with E-state index in [1.807, 2.05) is 4.98 Å². The molecule has 0 aromatic carbocycles. The van der Waals surface area contributed by atoms with E-state index in [0.717, 1.165) is 16.8 Å². The van der Waals surface area contributed by atoms with Gasteiger partial charge in [-0.1, -0.05) is 0 Å². The highest BCUT2D eigenvalue weighted by molar-refractivity contribution is 8.07. The second kappa shape index (κ2) is 9.31. The van der Waals surface area contributed by atoms with Crippen LogP contribution in [-0.4, -0.2) is 69.4 Å². The summed E-state index contributed by atoms with van der Waals surface area (Å²) in [5.41, 5.74) is -1.42. The number of rotatable bonds is 9. The lowest BCUT2D eigenvalue weighted by Gasteiger charge is -2.24. The predicted molar refractivity (Wildman–Crippen MR) is 92.1 cm³/mol. The molecule has 0 saturated carbocycles. The predicted octanol–water partition coefficient (Wildman–Crippen LogP) is -1.56. The average Bonchev–Trinajstić information content (AvgIpc) is 2.87. The third-order valence-electron chi connectivity index (χ3n) is 3.56. The Kier molecular flexibility index (Phi) is 7.64. The van der Waals surface area contributed by atoms with E-state index in [-0.39, 0.29) is 13.2 Å². The molecule has 5 atom stereocenters. The second-order valence-electron chi connectivity index (χ2n) is 5.32. The summed E-state index contributed by atoms with van der Waals surface area (Å²) in [7, 11) is 0. The van der Waals surface area contributed by atoms with Crippen LogP contribution in [0.15, 0.2) is 21.9 Å². The number of hydrogen-bond donors (Lipinski definition) is 4. The zero-order chi connectivity index (χ0) is 19.3. The molecular weight excluding hydrogens is 391 g/mol. The summed E-state index contributed by atoms with van der Waals surface area (Å²) in [6.07, 6.45) is -3.88. The first-order valence-electron chi connectivity index (χ1n) is 7.78. The molecule has 1 saturated heterocycles. The van der Waals surface area contributed by atoms with Crippen LogP contribution in [0.25, 0.3) is 0 Å². The number of H-pyrrole nitrogens is 1. The van der Waals surface area contributed by atoms with Gasteiger partial charge in [0.05, 0.1) is 19.8 Å². The van der Waals surface area contributed by atoms with E-state index in [1.165, 1.54) is 0 Å². The van der Waals surface area contributed by atoms with Crippen LogP contribution in [0.3, 0.4) is 0 Å². The molecule has 13 heteroatoms. The van der Waals surface area contributed by atoms with Gasteiger partial charge in [0, 0.05) is 18.9 Å². The molecule has 1 aliphatic heterocycles. The Morgan fingerprint density at radius 3 is 2.77 bits per heavy atom. The Morgan fingerprint density at radius 1 is 1.42 bits per heavy atom. The monoisotopic (exact) mass is 412 g/mol. The van der Waals surface area contributed by atoms with E-state index in [4.69, 9.17) is 30.3 Å². The minimum atomic E-state index is -3.75. The molecule has 4 N–H and O–H groups in total. The molecule has 1 aliphatic rings. The lowest BCUT2D eigenvalue weighted by Crippen LogP contribution is -2.38. The fourth-order valence-electron chi connectivity index (χ4n) is 2.39. The van der Waals surface area contributed by atoms with Gasteiger partial charge in [0.15, 0.2) is 6.23 Å². The number of aliphatic hydroxyl groups excluding tert-OH is 2. The Labute approximate surface area is 153 Å². The van der Waals surface area contributed by atoms with E-state index in [1.54, 1.807) is 6.92 Å². The number of nitrogens with zero attached hydrogens (tertiary/aromatic N) is 1. The van der Waals surface area contributed by atoms with Gasteiger partial charge in [-0.05, 0) is 18.7 Å². The minimum Gasteiger partial charge on any atom is -0.394 e. The number of aromatic nitrogens is 2. The van der Waals surface area contributed by atoms with Crippen molar-refractivity contribution in [3.8, 4) is 0 Å². The molecule has 1 unspecified atom stereocenters. The van der Waals surface area contributed by atoms with Gasteiger partial charge in [0.2, 0.25) is 0 Å². The van der Waals surface area contributed by atoms with Gasteiger partial charge < -0.3 is 29.1 Å². The van der Waals surface area contributed by atoms with Crippen molar-refractivity contribution in [1.29, 1.82) is 0 Å². The van der Waals surface area contributed by atoms with Crippen molar-refractivity contribution >= 4 is 18.5 Å². The molecule has 0 amide bonds. The quantitative estimate of drug-likeness (QED) is 0.277. The first-order valence-corrected chi connectivity index (χ1v) is 10.4. The van der Waals surface area contributed by atoms with E-state index in [0.29, 0.717) is 6.61 Å². The van der Waals surface area contributed by atoms with E-state index in [9.17, 15) is 24.7 Å². The van der Waals surface area contributed by atoms with Crippen molar-refractivity contribution in [3.63, 3.8) is 0 Å². The van der Waals surface area contributed by atoms with Crippen LogP contribution >= 0.6 is 6.72 Å². The van der Waals surface area contributed by atoms with Crippen molar-refractivity contribution in [3.05, 3.63) is 33.1 Å². The van der Waals surface area contributed by atoms with Gasteiger partial charge in [0.1, 0.15) is 18.3 Å². The van der Waals surface area contributed by atoms with Crippen molar-refractivity contribution in [2.45, 2.75) is 31.5 Å². The molecule has 0 aliphatic carbocycles. The van der Waals surface area contributed by atoms with E-state index >= 15 is 0 Å².